The Hall–Kier alpha value is -0.450. The molecule has 0 aliphatic carbocycles. The third kappa shape index (κ3) is 4.73. The van der Waals surface area contributed by atoms with Crippen molar-refractivity contribution in [1.82, 2.24) is 15.2 Å². The summed E-state index contributed by atoms with van der Waals surface area (Å²) in [5, 5.41) is 3.17. The Balaban J connectivity index is 2.18. The van der Waals surface area contributed by atoms with Crippen molar-refractivity contribution in [2.75, 3.05) is 27.2 Å². The molecule has 86 valence electrons. The molecular weight excluding hydrogens is 206 g/mol. The highest BCUT2D eigenvalue weighted by molar-refractivity contribution is 7.09. The minimum atomic E-state index is 1.04. The largest absolute Gasteiger partial charge is 0.320 e. The fourth-order valence-electron chi connectivity index (χ4n) is 1.49. The van der Waals surface area contributed by atoms with E-state index in [9.17, 15) is 0 Å². The Bertz CT molecular complexity index is 273. The number of rotatable bonds is 7. The van der Waals surface area contributed by atoms with Crippen molar-refractivity contribution in [2.45, 2.75) is 26.3 Å². The fraction of sp³-hybridized carbons (Fsp3) is 0.727. The zero-order chi connectivity index (χ0) is 11.1. The van der Waals surface area contributed by atoms with Gasteiger partial charge in [0.05, 0.1) is 11.2 Å². The lowest BCUT2D eigenvalue weighted by Gasteiger charge is -2.15. The number of hydrogen-bond acceptors (Lipinski definition) is 4. The van der Waals surface area contributed by atoms with Crippen LogP contribution in [-0.2, 0) is 6.54 Å². The maximum absolute atomic E-state index is 4.26. The van der Waals surface area contributed by atoms with Gasteiger partial charge in [-0.1, -0.05) is 0 Å². The zero-order valence-electron chi connectivity index (χ0n) is 9.92. The number of aromatic nitrogens is 1. The van der Waals surface area contributed by atoms with Crippen molar-refractivity contribution in [3.05, 3.63) is 16.1 Å². The summed E-state index contributed by atoms with van der Waals surface area (Å²) in [6, 6.07) is 0. The summed E-state index contributed by atoms with van der Waals surface area (Å²) in [6.45, 7) is 5.41. The van der Waals surface area contributed by atoms with Crippen molar-refractivity contribution in [1.29, 1.82) is 0 Å². The SMILES string of the molecule is CNCCCCN(C)Cc1scnc1C. The Labute approximate surface area is 96.5 Å². The molecular formula is C11H21N3S. The zero-order valence-corrected chi connectivity index (χ0v) is 10.7. The smallest absolute Gasteiger partial charge is 0.0798 e. The van der Waals surface area contributed by atoms with Gasteiger partial charge >= 0.3 is 0 Å². The maximum atomic E-state index is 4.26. The molecule has 1 aromatic rings. The second-order valence-corrected chi connectivity index (χ2v) is 4.85. The van der Waals surface area contributed by atoms with Crippen LogP contribution in [0.1, 0.15) is 23.4 Å². The summed E-state index contributed by atoms with van der Waals surface area (Å²) in [5.74, 6) is 0. The highest BCUT2D eigenvalue weighted by Gasteiger charge is 2.04. The summed E-state index contributed by atoms with van der Waals surface area (Å²) >= 11 is 1.76. The Kier molecular flexibility index (Phi) is 5.83. The van der Waals surface area contributed by atoms with Gasteiger partial charge in [0.15, 0.2) is 0 Å². The standard InChI is InChI=1S/C11H21N3S/c1-10-11(15-9-13-10)8-14(3)7-5-4-6-12-2/h9,12H,4-8H2,1-3H3. The van der Waals surface area contributed by atoms with E-state index < -0.39 is 0 Å². The molecule has 0 aliphatic rings. The van der Waals surface area contributed by atoms with Crippen LogP contribution in [-0.4, -0.2) is 37.1 Å². The molecule has 1 rings (SSSR count). The predicted molar refractivity (Wildman–Crippen MR) is 66.3 cm³/mol. The van der Waals surface area contributed by atoms with E-state index in [2.05, 4.69) is 29.2 Å². The molecule has 1 heterocycles. The average molecular weight is 227 g/mol. The van der Waals surface area contributed by atoms with Crippen LogP contribution in [0.5, 0.6) is 0 Å². The van der Waals surface area contributed by atoms with Crippen molar-refractivity contribution in [3.63, 3.8) is 0 Å². The van der Waals surface area contributed by atoms with Gasteiger partial charge in [-0.05, 0) is 47.0 Å². The van der Waals surface area contributed by atoms with Crippen LogP contribution >= 0.6 is 11.3 Å². The monoisotopic (exact) mass is 227 g/mol. The van der Waals surface area contributed by atoms with Crippen LogP contribution in [0.2, 0.25) is 0 Å². The number of aryl methyl sites for hydroxylation is 1. The second-order valence-electron chi connectivity index (χ2n) is 3.91. The first-order valence-electron chi connectivity index (χ1n) is 5.46. The van der Waals surface area contributed by atoms with E-state index in [1.807, 2.05) is 12.6 Å². The van der Waals surface area contributed by atoms with Gasteiger partial charge in [-0.3, -0.25) is 0 Å². The average Bonchev–Trinajstić information content (AvgIpc) is 2.59. The molecule has 0 fully saturated rings. The van der Waals surface area contributed by atoms with E-state index in [1.165, 1.54) is 30.0 Å². The second kappa shape index (κ2) is 6.93. The highest BCUT2D eigenvalue weighted by Crippen LogP contribution is 2.14. The van der Waals surface area contributed by atoms with Crippen LogP contribution in [0.4, 0.5) is 0 Å². The highest BCUT2D eigenvalue weighted by atomic mass is 32.1. The first kappa shape index (κ1) is 12.6. The van der Waals surface area contributed by atoms with Crippen molar-refractivity contribution < 1.29 is 0 Å². The van der Waals surface area contributed by atoms with Crippen LogP contribution < -0.4 is 5.32 Å². The maximum Gasteiger partial charge on any atom is 0.0798 e. The van der Waals surface area contributed by atoms with Gasteiger partial charge in [-0.15, -0.1) is 11.3 Å². The van der Waals surface area contributed by atoms with E-state index in [-0.39, 0.29) is 0 Å². The molecule has 15 heavy (non-hydrogen) atoms. The van der Waals surface area contributed by atoms with Gasteiger partial charge in [0, 0.05) is 11.4 Å². The van der Waals surface area contributed by atoms with Crippen LogP contribution in [0, 0.1) is 6.92 Å². The van der Waals surface area contributed by atoms with Crippen molar-refractivity contribution >= 4 is 11.3 Å². The summed E-state index contributed by atoms with van der Waals surface area (Å²) in [6.07, 6.45) is 2.51. The molecule has 1 N–H and O–H groups in total. The number of unbranched alkanes of at least 4 members (excludes halogenated alkanes) is 1. The van der Waals surface area contributed by atoms with E-state index in [1.54, 1.807) is 11.3 Å². The molecule has 3 nitrogen and oxygen atoms in total. The molecule has 0 atom stereocenters. The topological polar surface area (TPSA) is 28.2 Å². The normalized spacial score (nSPS) is 11.2. The molecule has 0 aromatic carbocycles. The van der Waals surface area contributed by atoms with E-state index in [0.29, 0.717) is 0 Å². The molecule has 0 unspecified atom stereocenters. The number of nitrogens with one attached hydrogen (secondary N) is 1. The molecule has 1 aromatic heterocycles. The first-order chi connectivity index (χ1) is 7.24. The lowest BCUT2D eigenvalue weighted by molar-refractivity contribution is 0.320. The predicted octanol–water partition coefficient (Wildman–Crippen LogP) is 1.88. The molecule has 0 saturated heterocycles. The molecule has 0 bridgehead atoms. The Morgan fingerprint density at radius 2 is 2.27 bits per heavy atom. The van der Waals surface area contributed by atoms with Crippen LogP contribution in [0.25, 0.3) is 0 Å². The van der Waals surface area contributed by atoms with Gasteiger partial charge in [-0.2, -0.15) is 0 Å². The number of nitrogens with zero attached hydrogens (tertiary/aromatic N) is 2. The molecule has 0 saturated carbocycles. The van der Waals surface area contributed by atoms with Crippen LogP contribution in [0.15, 0.2) is 5.51 Å². The summed E-state index contributed by atoms with van der Waals surface area (Å²) in [7, 11) is 4.18. The number of thiazole rings is 1. The molecule has 0 spiro atoms. The van der Waals surface area contributed by atoms with Crippen molar-refractivity contribution in [3.8, 4) is 0 Å². The third-order valence-corrected chi connectivity index (χ3v) is 3.39. The minimum Gasteiger partial charge on any atom is -0.320 e. The minimum absolute atomic E-state index is 1.04. The molecule has 0 radical (unpaired) electrons. The van der Waals surface area contributed by atoms with Gasteiger partial charge < -0.3 is 10.2 Å². The lowest BCUT2D eigenvalue weighted by atomic mass is 10.3. The summed E-state index contributed by atoms with van der Waals surface area (Å²) < 4.78 is 0. The van der Waals surface area contributed by atoms with E-state index >= 15 is 0 Å². The summed E-state index contributed by atoms with van der Waals surface area (Å²) in [4.78, 5) is 8.03. The Morgan fingerprint density at radius 1 is 1.47 bits per heavy atom. The Morgan fingerprint density at radius 3 is 2.87 bits per heavy atom. The lowest BCUT2D eigenvalue weighted by Crippen LogP contribution is -2.20. The van der Waals surface area contributed by atoms with Gasteiger partial charge in [-0.25, -0.2) is 4.98 Å². The van der Waals surface area contributed by atoms with Gasteiger partial charge in [0.25, 0.3) is 0 Å². The first-order valence-corrected chi connectivity index (χ1v) is 6.34. The summed E-state index contributed by atoms with van der Waals surface area (Å²) in [5.41, 5.74) is 3.11. The quantitative estimate of drug-likeness (QED) is 0.721. The van der Waals surface area contributed by atoms with Crippen LogP contribution in [0.3, 0.4) is 0 Å². The third-order valence-electron chi connectivity index (χ3n) is 2.47. The van der Waals surface area contributed by atoms with E-state index in [0.717, 1.165) is 13.1 Å². The van der Waals surface area contributed by atoms with E-state index in [4.69, 9.17) is 0 Å². The molecule has 0 amide bonds. The van der Waals surface area contributed by atoms with Gasteiger partial charge in [0.1, 0.15) is 0 Å². The number of hydrogen-bond donors (Lipinski definition) is 1. The van der Waals surface area contributed by atoms with Crippen molar-refractivity contribution in [2.24, 2.45) is 0 Å². The van der Waals surface area contributed by atoms with Gasteiger partial charge in [0.2, 0.25) is 0 Å². The fourth-order valence-corrected chi connectivity index (χ4v) is 2.34. The molecule has 4 heteroatoms. The molecule has 0 aliphatic heterocycles.